The van der Waals surface area contributed by atoms with Gasteiger partial charge in [-0.3, -0.25) is 19.3 Å². The van der Waals surface area contributed by atoms with Gasteiger partial charge < -0.3 is 4.74 Å². The Morgan fingerprint density at radius 1 is 0.771 bits per heavy atom. The topological polar surface area (TPSA) is 84.0 Å². The number of benzene rings is 2. The molecule has 2 aliphatic rings. The van der Waals surface area contributed by atoms with Crippen LogP contribution in [0.25, 0.3) is 0 Å². The van der Waals surface area contributed by atoms with E-state index in [1.165, 1.54) is 17.1 Å². The molecule has 7 nitrogen and oxygen atoms in total. The molecule has 2 aliphatic heterocycles. The van der Waals surface area contributed by atoms with Crippen LogP contribution in [0.4, 0.5) is 16.2 Å². The van der Waals surface area contributed by atoms with Crippen molar-refractivity contribution in [3.8, 4) is 0 Å². The number of carbonyl (C=O) groups excluding carboxylic acids is 4. The Hall–Kier alpha value is -4.26. The predicted octanol–water partition coefficient (Wildman–Crippen LogP) is 5.44. The quantitative estimate of drug-likeness (QED) is 0.439. The molecule has 4 rings (SSSR count). The van der Waals surface area contributed by atoms with Gasteiger partial charge in [0.25, 0.3) is 0 Å². The summed E-state index contributed by atoms with van der Waals surface area (Å²) in [5.41, 5.74) is -1.45. The number of ether oxygens (including phenoxy) is 1. The van der Waals surface area contributed by atoms with Crippen LogP contribution in [-0.4, -0.2) is 29.2 Å². The maximum Gasteiger partial charge on any atom is 0.420 e. The summed E-state index contributed by atoms with van der Waals surface area (Å²) in [5.74, 6) is -1.55. The molecule has 0 aliphatic carbocycles. The molecule has 2 amide bonds. The van der Waals surface area contributed by atoms with Gasteiger partial charge in [0.15, 0.2) is 0 Å². The fraction of sp³-hybridized carbons (Fsp3) is 0.214. The molecule has 178 valence electrons. The van der Waals surface area contributed by atoms with Gasteiger partial charge in [-0.25, -0.2) is 9.69 Å². The third-order valence-corrected chi connectivity index (χ3v) is 6.17. The monoisotopic (exact) mass is 470 g/mol. The summed E-state index contributed by atoms with van der Waals surface area (Å²) in [7, 11) is 0. The summed E-state index contributed by atoms with van der Waals surface area (Å²) in [4.78, 5) is 56.8. The summed E-state index contributed by atoms with van der Waals surface area (Å²) in [6, 6.07) is 13.1. The fourth-order valence-electron chi connectivity index (χ4n) is 3.94. The number of allylic oxidation sites excluding steroid dienone is 2. The molecule has 0 saturated carbocycles. The molecular weight excluding hydrogens is 444 g/mol. The van der Waals surface area contributed by atoms with Gasteiger partial charge in [-0.15, -0.1) is 6.58 Å². The van der Waals surface area contributed by atoms with E-state index in [1.54, 1.807) is 76.2 Å². The van der Waals surface area contributed by atoms with Crippen LogP contribution in [0.15, 0.2) is 85.2 Å². The lowest BCUT2D eigenvalue weighted by Gasteiger charge is -2.30. The molecule has 0 bridgehead atoms. The summed E-state index contributed by atoms with van der Waals surface area (Å²) < 4.78 is 5.61. The summed E-state index contributed by atoms with van der Waals surface area (Å²) in [6.45, 7) is 14.1. The van der Waals surface area contributed by atoms with E-state index in [4.69, 9.17) is 4.74 Å². The third-order valence-electron chi connectivity index (χ3n) is 6.17. The van der Waals surface area contributed by atoms with Crippen LogP contribution in [-0.2, 0) is 9.53 Å². The minimum absolute atomic E-state index is 0.194. The number of para-hydroxylation sites is 2. The first-order valence-electron chi connectivity index (χ1n) is 11.1. The number of nitrogens with zero attached hydrogens (tertiary/aromatic N) is 2. The van der Waals surface area contributed by atoms with E-state index >= 15 is 0 Å². The Kier molecular flexibility index (Phi) is 5.59. The van der Waals surface area contributed by atoms with Crippen molar-refractivity contribution >= 4 is 34.9 Å². The molecule has 0 saturated heterocycles. The first kappa shape index (κ1) is 23.9. The number of Topliss-reactive ketones (excluding diaryl/α,β-unsaturated/α-hetero) is 2. The van der Waals surface area contributed by atoms with Crippen LogP contribution >= 0.6 is 0 Å². The van der Waals surface area contributed by atoms with Gasteiger partial charge in [0.2, 0.25) is 17.5 Å². The van der Waals surface area contributed by atoms with Gasteiger partial charge in [0.05, 0.1) is 16.8 Å². The molecule has 7 heteroatoms. The molecule has 0 spiro atoms. The van der Waals surface area contributed by atoms with Gasteiger partial charge in [0, 0.05) is 11.1 Å². The maximum absolute atomic E-state index is 13.7. The van der Waals surface area contributed by atoms with E-state index in [2.05, 4.69) is 13.2 Å². The number of hydrogen-bond acceptors (Lipinski definition) is 5. The van der Waals surface area contributed by atoms with Crippen molar-refractivity contribution in [2.45, 2.75) is 33.3 Å². The van der Waals surface area contributed by atoms with Crippen LogP contribution in [0, 0.1) is 5.41 Å². The van der Waals surface area contributed by atoms with E-state index in [0.29, 0.717) is 5.69 Å². The number of fused-ring (bicyclic) bond motifs is 2. The second-order valence-electron chi connectivity index (χ2n) is 9.47. The van der Waals surface area contributed by atoms with Crippen molar-refractivity contribution in [1.29, 1.82) is 0 Å². The Bertz CT molecular complexity index is 1350. The van der Waals surface area contributed by atoms with E-state index in [9.17, 15) is 19.2 Å². The largest absolute Gasteiger partial charge is 0.439 e. The molecule has 35 heavy (non-hydrogen) atoms. The molecule has 0 N–H and O–H groups in total. The highest BCUT2D eigenvalue weighted by Gasteiger charge is 2.49. The highest BCUT2D eigenvalue weighted by Crippen LogP contribution is 2.44. The summed E-state index contributed by atoms with van der Waals surface area (Å²) in [6.07, 6.45) is 2.07. The molecule has 0 radical (unpaired) electrons. The van der Waals surface area contributed by atoms with Gasteiger partial charge in [0.1, 0.15) is 17.0 Å². The first-order valence-corrected chi connectivity index (χ1v) is 11.1. The predicted molar refractivity (Wildman–Crippen MR) is 133 cm³/mol. The zero-order valence-electron chi connectivity index (χ0n) is 20.1. The van der Waals surface area contributed by atoms with Gasteiger partial charge in [-0.2, -0.15) is 0 Å². The normalized spacial score (nSPS) is 17.3. The van der Waals surface area contributed by atoms with Crippen LogP contribution < -0.4 is 9.80 Å². The van der Waals surface area contributed by atoms with Crippen LogP contribution in [0.1, 0.15) is 48.4 Å². The number of hydrogen-bond donors (Lipinski definition) is 0. The number of anilines is 2. The van der Waals surface area contributed by atoms with E-state index in [-0.39, 0.29) is 28.2 Å². The number of amides is 2. The maximum atomic E-state index is 13.7. The van der Waals surface area contributed by atoms with Crippen molar-refractivity contribution in [2.24, 2.45) is 5.41 Å². The standard InChI is InChI=1S/C28H26N2O5/c1-7-27(3,4)25(33)29-19-15-11-9-13-17(19)23(31)21(29)22-24(32)18-14-10-12-16-20(18)30(22)26(34)35-28(5,6)8-2/h7-16H,1-2H2,3-6H3/b22-21+. The van der Waals surface area contributed by atoms with E-state index in [1.807, 2.05) is 0 Å². The van der Waals surface area contributed by atoms with Gasteiger partial charge in [-0.05, 0) is 58.0 Å². The minimum Gasteiger partial charge on any atom is -0.439 e. The van der Waals surface area contributed by atoms with Crippen LogP contribution in [0.2, 0.25) is 0 Å². The average molecular weight is 471 g/mol. The molecule has 0 aromatic heterocycles. The van der Waals surface area contributed by atoms with Crippen LogP contribution in [0.5, 0.6) is 0 Å². The molecule has 2 heterocycles. The molecule has 2 aromatic rings. The lowest BCUT2D eigenvalue weighted by molar-refractivity contribution is -0.123. The summed E-state index contributed by atoms with van der Waals surface area (Å²) in [5, 5.41) is 0. The second-order valence-corrected chi connectivity index (χ2v) is 9.47. The Morgan fingerprint density at radius 3 is 1.71 bits per heavy atom. The summed E-state index contributed by atoms with van der Waals surface area (Å²) >= 11 is 0. The SMILES string of the molecule is C=CC(C)(C)OC(=O)N1/C(=C2\C(=O)c3ccccc3N2C(=O)C(C)(C)C=C)C(=O)c2ccccc21. The second kappa shape index (κ2) is 8.20. The molecule has 0 fully saturated rings. The van der Waals surface area contributed by atoms with Crippen molar-refractivity contribution in [3.63, 3.8) is 0 Å². The number of carbonyl (C=O) groups is 4. The molecular formula is C28H26N2O5. The third kappa shape index (κ3) is 3.69. The average Bonchev–Trinajstić information content (AvgIpc) is 3.29. The van der Waals surface area contributed by atoms with Crippen LogP contribution in [0.3, 0.4) is 0 Å². The van der Waals surface area contributed by atoms with Crippen molar-refractivity contribution < 1.29 is 23.9 Å². The highest BCUT2D eigenvalue weighted by molar-refractivity contribution is 6.33. The first-order chi connectivity index (χ1) is 16.4. The zero-order valence-corrected chi connectivity index (χ0v) is 20.1. The van der Waals surface area contributed by atoms with E-state index < -0.39 is 34.6 Å². The van der Waals surface area contributed by atoms with Crippen molar-refractivity contribution in [3.05, 3.63) is 96.4 Å². The minimum atomic E-state index is -1.06. The van der Waals surface area contributed by atoms with Crippen molar-refractivity contribution in [1.82, 2.24) is 0 Å². The number of ketones is 2. The highest BCUT2D eigenvalue weighted by atomic mass is 16.6. The smallest absolute Gasteiger partial charge is 0.420 e. The number of rotatable bonds is 4. The lowest BCUT2D eigenvalue weighted by Crippen LogP contribution is -2.42. The Morgan fingerprint density at radius 2 is 1.23 bits per heavy atom. The lowest BCUT2D eigenvalue weighted by atomic mass is 9.91. The fourth-order valence-corrected chi connectivity index (χ4v) is 3.94. The molecule has 2 aromatic carbocycles. The van der Waals surface area contributed by atoms with Crippen molar-refractivity contribution in [2.75, 3.05) is 9.80 Å². The molecule has 0 unspecified atom stereocenters. The van der Waals surface area contributed by atoms with Gasteiger partial charge in [-0.1, -0.05) is 36.9 Å². The Labute approximate surface area is 204 Å². The zero-order chi connectivity index (χ0) is 25.7. The van der Waals surface area contributed by atoms with Gasteiger partial charge >= 0.3 is 6.09 Å². The molecule has 0 atom stereocenters. The Balaban J connectivity index is 2.01. The van der Waals surface area contributed by atoms with E-state index in [0.717, 1.165) is 4.90 Å².